The standard InChI is InChI=1S/C17H28N2/c1-13(2)10-15-6-4-8-17(11-15)19-14(3)16-7-5-9-18-12-16/h5,7,9,12-15,17,19H,4,6,8,10-11H2,1-3H3/t14-,15?,17?/m1/s1. The van der Waals surface area contributed by atoms with Crippen LogP contribution in [0.1, 0.15) is 64.5 Å². The molecule has 1 saturated carbocycles. The van der Waals surface area contributed by atoms with Gasteiger partial charge in [-0.3, -0.25) is 4.98 Å². The summed E-state index contributed by atoms with van der Waals surface area (Å²) in [6.45, 7) is 6.94. The van der Waals surface area contributed by atoms with Crippen LogP contribution in [0.25, 0.3) is 0 Å². The molecule has 3 atom stereocenters. The third kappa shape index (κ3) is 4.61. The smallest absolute Gasteiger partial charge is 0.0315 e. The van der Waals surface area contributed by atoms with Crippen molar-refractivity contribution in [1.82, 2.24) is 10.3 Å². The number of nitrogens with one attached hydrogen (secondary N) is 1. The van der Waals surface area contributed by atoms with Gasteiger partial charge in [-0.1, -0.05) is 32.8 Å². The van der Waals surface area contributed by atoms with E-state index in [1.165, 1.54) is 37.7 Å². The summed E-state index contributed by atoms with van der Waals surface area (Å²) in [5.41, 5.74) is 1.30. The number of hydrogen-bond donors (Lipinski definition) is 1. The van der Waals surface area contributed by atoms with Crippen LogP contribution in [0.5, 0.6) is 0 Å². The van der Waals surface area contributed by atoms with Crippen molar-refractivity contribution in [3.63, 3.8) is 0 Å². The Hall–Kier alpha value is -0.890. The highest BCUT2D eigenvalue weighted by atomic mass is 14.9. The second kappa shape index (κ2) is 7.04. The van der Waals surface area contributed by atoms with Crippen molar-refractivity contribution in [2.75, 3.05) is 0 Å². The molecular formula is C17H28N2. The van der Waals surface area contributed by atoms with Crippen molar-refractivity contribution in [1.29, 1.82) is 0 Å². The molecule has 19 heavy (non-hydrogen) atoms. The number of rotatable bonds is 5. The maximum Gasteiger partial charge on any atom is 0.0315 e. The Labute approximate surface area is 118 Å². The van der Waals surface area contributed by atoms with Gasteiger partial charge in [0.25, 0.3) is 0 Å². The highest BCUT2D eigenvalue weighted by Crippen LogP contribution is 2.30. The van der Waals surface area contributed by atoms with Gasteiger partial charge in [0, 0.05) is 24.5 Å². The quantitative estimate of drug-likeness (QED) is 0.852. The first-order valence-electron chi connectivity index (χ1n) is 7.81. The fraction of sp³-hybridized carbons (Fsp3) is 0.706. The van der Waals surface area contributed by atoms with Crippen molar-refractivity contribution in [2.24, 2.45) is 11.8 Å². The molecule has 1 heterocycles. The van der Waals surface area contributed by atoms with Gasteiger partial charge < -0.3 is 5.32 Å². The van der Waals surface area contributed by atoms with E-state index in [4.69, 9.17) is 0 Å². The second-order valence-electron chi connectivity index (χ2n) is 6.53. The molecule has 0 aromatic carbocycles. The third-order valence-corrected chi connectivity index (χ3v) is 4.26. The van der Waals surface area contributed by atoms with E-state index in [0.717, 1.165) is 11.8 Å². The van der Waals surface area contributed by atoms with Gasteiger partial charge in [-0.25, -0.2) is 0 Å². The molecule has 0 aliphatic heterocycles. The molecular weight excluding hydrogens is 232 g/mol. The Morgan fingerprint density at radius 2 is 2.16 bits per heavy atom. The summed E-state index contributed by atoms with van der Waals surface area (Å²) in [7, 11) is 0. The Balaban J connectivity index is 1.85. The van der Waals surface area contributed by atoms with Gasteiger partial charge >= 0.3 is 0 Å². The van der Waals surface area contributed by atoms with Crippen molar-refractivity contribution in [2.45, 2.75) is 65.0 Å². The molecule has 2 rings (SSSR count). The van der Waals surface area contributed by atoms with Crippen molar-refractivity contribution < 1.29 is 0 Å². The fourth-order valence-electron chi connectivity index (χ4n) is 3.41. The maximum absolute atomic E-state index is 4.21. The molecule has 1 aromatic heterocycles. The molecule has 0 radical (unpaired) electrons. The van der Waals surface area contributed by atoms with Gasteiger partial charge in [-0.15, -0.1) is 0 Å². The van der Waals surface area contributed by atoms with E-state index < -0.39 is 0 Å². The van der Waals surface area contributed by atoms with Gasteiger partial charge in [0.05, 0.1) is 0 Å². The summed E-state index contributed by atoms with van der Waals surface area (Å²) < 4.78 is 0. The summed E-state index contributed by atoms with van der Waals surface area (Å²) in [6.07, 6.45) is 10.7. The minimum Gasteiger partial charge on any atom is -0.307 e. The van der Waals surface area contributed by atoms with Gasteiger partial charge in [-0.2, -0.15) is 0 Å². The van der Waals surface area contributed by atoms with E-state index in [2.05, 4.69) is 37.1 Å². The predicted molar refractivity (Wildman–Crippen MR) is 81.0 cm³/mol. The van der Waals surface area contributed by atoms with Crippen LogP contribution in [0, 0.1) is 11.8 Å². The van der Waals surface area contributed by atoms with Crippen LogP contribution in [0.2, 0.25) is 0 Å². The number of nitrogens with zero attached hydrogens (tertiary/aromatic N) is 1. The molecule has 2 heteroatoms. The first kappa shape index (κ1) is 14.5. The molecule has 2 nitrogen and oxygen atoms in total. The minimum absolute atomic E-state index is 0.413. The van der Waals surface area contributed by atoms with Crippen LogP contribution in [0.4, 0.5) is 0 Å². The highest BCUT2D eigenvalue weighted by Gasteiger charge is 2.23. The molecule has 2 unspecified atom stereocenters. The lowest BCUT2D eigenvalue weighted by atomic mass is 9.81. The Bertz CT molecular complexity index is 361. The Morgan fingerprint density at radius 3 is 2.84 bits per heavy atom. The maximum atomic E-state index is 4.21. The zero-order chi connectivity index (χ0) is 13.7. The second-order valence-corrected chi connectivity index (χ2v) is 6.53. The molecule has 0 spiro atoms. The summed E-state index contributed by atoms with van der Waals surface area (Å²) in [4.78, 5) is 4.21. The van der Waals surface area contributed by atoms with Crippen LogP contribution >= 0.6 is 0 Å². The monoisotopic (exact) mass is 260 g/mol. The van der Waals surface area contributed by atoms with Gasteiger partial charge in [0.1, 0.15) is 0 Å². The van der Waals surface area contributed by atoms with Crippen LogP contribution in [-0.2, 0) is 0 Å². The van der Waals surface area contributed by atoms with E-state index in [0.29, 0.717) is 12.1 Å². The average molecular weight is 260 g/mol. The number of aromatic nitrogens is 1. The lowest BCUT2D eigenvalue weighted by molar-refractivity contribution is 0.242. The van der Waals surface area contributed by atoms with Crippen molar-refractivity contribution >= 4 is 0 Å². The van der Waals surface area contributed by atoms with E-state index >= 15 is 0 Å². The zero-order valence-corrected chi connectivity index (χ0v) is 12.6. The molecule has 1 N–H and O–H groups in total. The predicted octanol–water partition coefficient (Wildman–Crippen LogP) is 4.34. The third-order valence-electron chi connectivity index (χ3n) is 4.26. The van der Waals surface area contributed by atoms with E-state index in [1.54, 1.807) is 0 Å². The molecule has 1 aliphatic carbocycles. The minimum atomic E-state index is 0.413. The topological polar surface area (TPSA) is 24.9 Å². The van der Waals surface area contributed by atoms with Crippen molar-refractivity contribution in [3.05, 3.63) is 30.1 Å². The molecule has 1 aliphatic rings. The molecule has 1 fully saturated rings. The van der Waals surface area contributed by atoms with Crippen LogP contribution in [-0.4, -0.2) is 11.0 Å². The fourth-order valence-corrected chi connectivity index (χ4v) is 3.41. The number of pyridine rings is 1. The normalized spacial score (nSPS) is 25.5. The van der Waals surface area contributed by atoms with E-state index in [1.807, 2.05) is 18.5 Å². The van der Waals surface area contributed by atoms with Crippen LogP contribution in [0.15, 0.2) is 24.5 Å². The number of hydrogen-bond acceptors (Lipinski definition) is 2. The van der Waals surface area contributed by atoms with Crippen LogP contribution in [0.3, 0.4) is 0 Å². The molecule has 0 saturated heterocycles. The Morgan fingerprint density at radius 1 is 1.32 bits per heavy atom. The van der Waals surface area contributed by atoms with Crippen LogP contribution < -0.4 is 5.32 Å². The van der Waals surface area contributed by atoms with Gasteiger partial charge in [-0.05, 0) is 49.7 Å². The lowest BCUT2D eigenvalue weighted by Gasteiger charge is -2.32. The molecule has 0 bridgehead atoms. The van der Waals surface area contributed by atoms with E-state index in [-0.39, 0.29) is 0 Å². The average Bonchev–Trinajstić information content (AvgIpc) is 2.39. The SMILES string of the molecule is CC(C)CC1CCCC(N[C@H](C)c2cccnc2)C1. The Kier molecular flexibility index (Phi) is 5.38. The summed E-state index contributed by atoms with van der Waals surface area (Å²) in [5.74, 6) is 1.76. The first-order valence-corrected chi connectivity index (χ1v) is 7.81. The summed E-state index contributed by atoms with van der Waals surface area (Å²) in [6, 6.07) is 5.29. The van der Waals surface area contributed by atoms with E-state index in [9.17, 15) is 0 Å². The molecule has 0 amide bonds. The van der Waals surface area contributed by atoms with Gasteiger partial charge in [0.15, 0.2) is 0 Å². The first-order chi connectivity index (χ1) is 9.15. The van der Waals surface area contributed by atoms with Crippen molar-refractivity contribution in [3.8, 4) is 0 Å². The molecule has 1 aromatic rings. The summed E-state index contributed by atoms with van der Waals surface area (Å²) >= 11 is 0. The zero-order valence-electron chi connectivity index (χ0n) is 12.6. The molecule has 106 valence electrons. The largest absolute Gasteiger partial charge is 0.307 e. The lowest BCUT2D eigenvalue weighted by Crippen LogP contribution is -2.36. The van der Waals surface area contributed by atoms with Gasteiger partial charge in [0.2, 0.25) is 0 Å². The summed E-state index contributed by atoms with van der Waals surface area (Å²) in [5, 5.41) is 3.80. The highest BCUT2D eigenvalue weighted by molar-refractivity contribution is 5.13.